The first kappa shape index (κ1) is 18.4. The molecule has 4 nitrogen and oxygen atoms in total. The normalized spacial score (nSPS) is 20.5. The molecule has 140 valence electrons. The second kappa shape index (κ2) is 7.48. The topological polar surface area (TPSA) is 46.9 Å². The number of anilines is 2. The molecule has 2 aromatic rings. The van der Waals surface area contributed by atoms with Crippen LogP contribution in [0.4, 0.5) is 11.4 Å². The Morgan fingerprint density at radius 1 is 0.769 bits per heavy atom. The maximum Gasteiger partial charge on any atom is 0.116 e. The molecule has 2 N–H and O–H groups in total. The van der Waals surface area contributed by atoms with E-state index in [0.29, 0.717) is 23.6 Å². The maximum absolute atomic E-state index is 9.81. The minimum absolute atomic E-state index is 0.335. The second-order valence-electron chi connectivity index (χ2n) is 7.34. The number of hydrogen-bond acceptors (Lipinski definition) is 4. The molecule has 1 aliphatic heterocycles. The summed E-state index contributed by atoms with van der Waals surface area (Å²) < 4.78 is 0. The van der Waals surface area contributed by atoms with Crippen LogP contribution >= 0.6 is 0 Å². The van der Waals surface area contributed by atoms with Gasteiger partial charge in [0.1, 0.15) is 11.5 Å². The number of phenols is 2. The molecule has 2 aromatic carbocycles. The lowest BCUT2D eigenvalue weighted by molar-refractivity contribution is 0.467. The number of rotatable bonds is 4. The smallest absolute Gasteiger partial charge is 0.116 e. The Morgan fingerprint density at radius 3 is 1.50 bits per heavy atom. The highest BCUT2D eigenvalue weighted by Crippen LogP contribution is 2.33. The zero-order chi connectivity index (χ0) is 18.8. The molecule has 0 amide bonds. The van der Waals surface area contributed by atoms with Crippen molar-refractivity contribution in [2.24, 2.45) is 0 Å². The number of hydrogen-bond donors (Lipinski definition) is 2. The first-order chi connectivity index (χ1) is 12.4. The molecule has 1 heterocycles. The van der Waals surface area contributed by atoms with E-state index in [0.717, 1.165) is 25.9 Å². The van der Waals surface area contributed by atoms with Gasteiger partial charge < -0.3 is 20.0 Å². The van der Waals surface area contributed by atoms with E-state index < -0.39 is 0 Å². The zero-order valence-corrected chi connectivity index (χ0v) is 16.2. The van der Waals surface area contributed by atoms with Crippen LogP contribution in [0.1, 0.15) is 38.8 Å². The van der Waals surface area contributed by atoms with E-state index in [-0.39, 0.29) is 0 Å². The molecule has 1 aliphatic rings. The van der Waals surface area contributed by atoms with Gasteiger partial charge in [0, 0.05) is 36.5 Å². The molecule has 0 radical (unpaired) electrons. The summed E-state index contributed by atoms with van der Waals surface area (Å²) in [5, 5.41) is 19.6. The fourth-order valence-electron chi connectivity index (χ4n) is 4.07. The lowest BCUT2D eigenvalue weighted by atomic mass is 10.0. The van der Waals surface area contributed by atoms with Gasteiger partial charge in [-0.15, -0.1) is 0 Å². The molecule has 1 fully saturated rings. The van der Waals surface area contributed by atoms with Crippen molar-refractivity contribution < 1.29 is 10.2 Å². The fourth-order valence-corrected chi connectivity index (χ4v) is 4.07. The Balaban J connectivity index is 1.89. The predicted octanol–water partition coefficient (Wildman–Crippen LogP) is 4.33. The fraction of sp³-hybridized carbons (Fsp3) is 0.455. The second-order valence-corrected chi connectivity index (χ2v) is 7.34. The summed E-state index contributed by atoms with van der Waals surface area (Å²) in [6.07, 6.45) is 1.81. The van der Waals surface area contributed by atoms with Crippen molar-refractivity contribution in [3.63, 3.8) is 0 Å². The van der Waals surface area contributed by atoms with Crippen LogP contribution in [-0.4, -0.2) is 35.4 Å². The lowest BCUT2D eigenvalue weighted by Crippen LogP contribution is -2.57. The van der Waals surface area contributed by atoms with Crippen molar-refractivity contribution in [3.8, 4) is 11.5 Å². The first-order valence-electron chi connectivity index (χ1n) is 9.61. The van der Waals surface area contributed by atoms with Crippen LogP contribution in [0.2, 0.25) is 0 Å². The van der Waals surface area contributed by atoms with Crippen LogP contribution in [0, 0.1) is 0 Å². The summed E-state index contributed by atoms with van der Waals surface area (Å²) in [6, 6.07) is 12.2. The van der Waals surface area contributed by atoms with Crippen LogP contribution in [0.15, 0.2) is 36.4 Å². The summed E-state index contributed by atoms with van der Waals surface area (Å²) in [4.78, 5) is 4.93. The van der Waals surface area contributed by atoms with Gasteiger partial charge in [-0.3, -0.25) is 0 Å². The van der Waals surface area contributed by atoms with Crippen LogP contribution in [0.25, 0.3) is 0 Å². The summed E-state index contributed by atoms with van der Waals surface area (Å²) >= 11 is 0. The van der Waals surface area contributed by atoms with Crippen molar-refractivity contribution in [1.82, 2.24) is 0 Å². The molecule has 4 heteroatoms. The van der Waals surface area contributed by atoms with Gasteiger partial charge in [-0.2, -0.15) is 0 Å². The van der Waals surface area contributed by atoms with E-state index in [9.17, 15) is 10.2 Å². The molecule has 0 aliphatic carbocycles. The quantitative estimate of drug-likeness (QED) is 0.858. The molecule has 1 saturated heterocycles. The molecule has 0 bridgehead atoms. The third-order valence-corrected chi connectivity index (χ3v) is 5.49. The Morgan fingerprint density at radius 2 is 1.15 bits per heavy atom. The Labute approximate surface area is 156 Å². The van der Waals surface area contributed by atoms with Crippen LogP contribution < -0.4 is 9.80 Å². The van der Waals surface area contributed by atoms with Crippen molar-refractivity contribution >= 4 is 11.4 Å². The van der Waals surface area contributed by atoms with Crippen LogP contribution in [-0.2, 0) is 12.8 Å². The van der Waals surface area contributed by atoms with Gasteiger partial charge in [0.25, 0.3) is 0 Å². The monoisotopic (exact) mass is 354 g/mol. The summed E-state index contributed by atoms with van der Waals surface area (Å²) in [5.74, 6) is 0.670. The van der Waals surface area contributed by atoms with E-state index in [1.54, 1.807) is 12.1 Å². The van der Waals surface area contributed by atoms with Gasteiger partial charge in [0.15, 0.2) is 0 Å². The molecule has 0 aromatic heterocycles. The molecular formula is C22H30N2O2. The van der Waals surface area contributed by atoms with Gasteiger partial charge in [-0.05, 0) is 74.2 Å². The maximum atomic E-state index is 9.81. The van der Waals surface area contributed by atoms with Gasteiger partial charge in [0.05, 0.1) is 0 Å². The number of benzene rings is 2. The minimum Gasteiger partial charge on any atom is -0.508 e. The Bertz CT molecular complexity index is 709. The zero-order valence-electron chi connectivity index (χ0n) is 16.2. The largest absolute Gasteiger partial charge is 0.508 e. The van der Waals surface area contributed by atoms with Crippen LogP contribution in [0.3, 0.4) is 0 Å². The van der Waals surface area contributed by atoms with E-state index in [2.05, 4.69) is 37.5 Å². The molecule has 3 rings (SSSR count). The highest BCUT2D eigenvalue weighted by atomic mass is 16.3. The Kier molecular flexibility index (Phi) is 5.30. The number of aromatic hydroxyl groups is 2. The van der Waals surface area contributed by atoms with E-state index in [1.807, 2.05) is 24.3 Å². The van der Waals surface area contributed by atoms with Crippen molar-refractivity contribution in [1.29, 1.82) is 0 Å². The standard InChI is InChI=1S/C22H30N2O2/c1-5-17-11-19(25)7-9-21(17)23-13-16(4)24(14-15(23)3)22-10-8-20(26)12-18(22)6-2/h7-12,15-16,25-26H,5-6,13-14H2,1-4H3. The van der Waals surface area contributed by atoms with Crippen molar-refractivity contribution in [2.75, 3.05) is 22.9 Å². The lowest BCUT2D eigenvalue weighted by Gasteiger charge is -2.47. The molecule has 2 atom stereocenters. The average Bonchev–Trinajstić information content (AvgIpc) is 2.63. The molecule has 26 heavy (non-hydrogen) atoms. The highest BCUT2D eigenvalue weighted by Gasteiger charge is 2.31. The number of aryl methyl sites for hydroxylation is 2. The number of piperazine rings is 1. The number of phenolic OH excluding ortho intramolecular Hbond substituents is 2. The van der Waals surface area contributed by atoms with Gasteiger partial charge in [0.2, 0.25) is 0 Å². The first-order valence-corrected chi connectivity index (χ1v) is 9.61. The summed E-state index contributed by atoms with van der Waals surface area (Å²) in [7, 11) is 0. The van der Waals surface area contributed by atoms with E-state index in [4.69, 9.17) is 0 Å². The molecule has 0 saturated carbocycles. The number of nitrogens with zero attached hydrogens (tertiary/aromatic N) is 2. The van der Waals surface area contributed by atoms with E-state index >= 15 is 0 Å². The van der Waals surface area contributed by atoms with Crippen LogP contribution in [0.5, 0.6) is 11.5 Å². The third kappa shape index (κ3) is 3.46. The SMILES string of the molecule is CCc1cc(O)ccc1N1CC(C)N(c2ccc(O)cc2CC)CC1C. The predicted molar refractivity (Wildman–Crippen MR) is 109 cm³/mol. The van der Waals surface area contributed by atoms with Gasteiger partial charge in [-0.25, -0.2) is 0 Å². The minimum atomic E-state index is 0.335. The summed E-state index contributed by atoms with van der Waals surface area (Å²) in [6.45, 7) is 10.7. The van der Waals surface area contributed by atoms with E-state index in [1.165, 1.54) is 22.5 Å². The van der Waals surface area contributed by atoms with Crippen molar-refractivity contribution in [2.45, 2.75) is 52.6 Å². The molecule has 0 spiro atoms. The van der Waals surface area contributed by atoms with Crippen molar-refractivity contribution in [3.05, 3.63) is 47.5 Å². The Hall–Kier alpha value is -2.36. The van der Waals surface area contributed by atoms with Gasteiger partial charge in [-0.1, -0.05) is 13.8 Å². The highest BCUT2D eigenvalue weighted by molar-refractivity contribution is 5.62. The van der Waals surface area contributed by atoms with Gasteiger partial charge >= 0.3 is 0 Å². The molecule has 2 unspecified atom stereocenters. The summed E-state index contributed by atoms with van der Waals surface area (Å²) in [5.41, 5.74) is 4.84. The molecular weight excluding hydrogens is 324 g/mol. The third-order valence-electron chi connectivity index (χ3n) is 5.49. The average molecular weight is 354 g/mol.